The van der Waals surface area contributed by atoms with E-state index in [2.05, 4.69) is 17.3 Å². The molecular formula is C8H18O5Si2. The second-order valence-electron chi connectivity index (χ2n) is 3.24. The molecule has 0 aliphatic rings. The first-order valence-electron chi connectivity index (χ1n) is 4.64. The first-order chi connectivity index (χ1) is 6.83. The Morgan fingerprint density at radius 3 is 1.47 bits per heavy atom. The molecule has 7 heteroatoms. The van der Waals surface area contributed by atoms with Crippen LogP contribution in [0.15, 0.2) is 25.3 Å². The van der Waals surface area contributed by atoms with Crippen LogP contribution in [0.3, 0.4) is 0 Å². The summed E-state index contributed by atoms with van der Waals surface area (Å²) in [6.45, 7) is 6.85. The van der Waals surface area contributed by atoms with Crippen molar-refractivity contribution in [2.45, 2.75) is 24.9 Å². The molecule has 15 heavy (non-hydrogen) atoms. The van der Waals surface area contributed by atoms with Gasteiger partial charge in [0.2, 0.25) is 0 Å². The van der Waals surface area contributed by atoms with Gasteiger partial charge in [0, 0.05) is 12.1 Å². The first-order valence-corrected chi connectivity index (χ1v) is 8.66. The van der Waals surface area contributed by atoms with Crippen LogP contribution in [-0.2, 0) is 4.12 Å². The Hall–Kier alpha value is -0.286. The predicted molar refractivity (Wildman–Crippen MR) is 60.7 cm³/mol. The van der Waals surface area contributed by atoms with E-state index >= 15 is 0 Å². The summed E-state index contributed by atoms with van der Waals surface area (Å²) in [6.07, 6.45) is 3.76. The summed E-state index contributed by atoms with van der Waals surface area (Å²) >= 11 is 0. The summed E-state index contributed by atoms with van der Waals surface area (Å²) in [7, 11) is -7.91. The zero-order chi connectivity index (χ0) is 11.9. The van der Waals surface area contributed by atoms with Gasteiger partial charge in [-0.15, -0.1) is 13.2 Å². The molecule has 0 radical (unpaired) electrons. The molecule has 0 rings (SSSR count). The van der Waals surface area contributed by atoms with Gasteiger partial charge in [-0.05, 0) is 12.8 Å². The van der Waals surface area contributed by atoms with Crippen LogP contribution >= 0.6 is 0 Å². The molecule has 0 aromatic heterocycles. The Morgan fingerprint density at radius 2 is 1.20 bits per heavy atom. The van der Waals surface area contributed by atoms with Crippen molar-refractivity contribution in [2.24, 2.45) is 0 Å². The molecule has 0 heterocycles. The molecule has 0 aliphatic carbocycles. The maximum Gasteiger partial charge on any atom is 0.488 e. The van der Waals surface area contributed by atoms with Gasteiger partial charge < -0.3 is 23.3 Å². The molecule has 0 fully saturated rings. The van der Waals surface area contributed by atoms with E-state index in [-0.39, 0.29) is 12.1 Å². The predicted octanol–water partition coefficient (Wildman–Crippen LogP) is 0.00220. The number of allylic oxidation sites excluding steroid dienone is 2. The normalized spacial score (nSPS) is 12.5. The van der Waals surface area contributed by atoms with Crippen LogP contribution in [0.25, 0.3) is 0 Å². The highest BCUT2D eigenvalue weighted by Crippen LogP contribution is 2.16. The van der Waals surface area contributed by atoms with Gasteiger partial charge in [0.1, 0.15) is 0 Å². The van der Waals surface area contributed by atoms with Crippen molar-refractivity contribution < 1.29 is 23.3 Å². The van der Waals surface area contributed by atoms with E-state index in [4.69, 9.17) is 0 Å². The summed E-state index contributed by atoms with van der Waals surface area (Å²) in [5.74, 6) is 0. The lowest BCUT2D eigenvalue weighted by atomic mass is 10.5. The van der Waals surface area contributed by atoms with Crippen molar-refractivity contribution in [3.63, 3.8) is 0 Å². The summed E-state index contributed by atoms with van der Waals surface area (Å²) in [6, 6.07) is -0.0269. The summed E-state index contributed by atoms with van der Waals surface area (Å²) in [4.78, 5) is 37.6. The van der Waals surface area contributed by atoms with E-state index in [1.165, 1.54) is 12.2 Å². The molecule has 0 saturated carbocycles. The van der Waals surface area contributed by atoms with E-state index in [1.807, 2.05) is 0 Å². The zero-order valence-corrected chi connectivity index (χ0v) is 10.6. The summed E-state index contributed by atoms with van der Waals surface area (Å²) < 4.78 is 4.63. The standard InChI is InChI=1S/C8H18O5Si2/c1-3-5-7-14(9,10)13-15(11,12)8-6-4-2/h3-4,9-12H,1-2,5-8H2. The molecule has 0 aromatic carbocycles. The molecule has 0 saturated heterocycles. The maximum atomic E-state index is 9.39. The van der Waals surface area contributed by atoms with Crippen molar-refractivity contribution in [1.29, 1.82) is 0 Å². The van der Waals surface area contributed by atoms with Crippen molar-refractivity contribution in [1.82, 2.24) is 0 Å². The van der Waals surface area contributed by atoms with E-state index in [0.717, 1.165) is 0 Å². The number of hydrogen-bond donors (Lipinski definition) is 4. The second-order valence-corrected chi connectivity index (χ2v) is 8.03. The fourth-order valence-electron chi connectivity index (χ4n) is 0.944. The molecule has 0 bridgehead atoms. The van der Waals surface area contributed by atoms with Crippen LogP contribution in [0.1, 0.15) is 12.8 Å². The van der Waals surface area contributed by atoms with Crippen molar-refractivity contribution in [3.05, 3.63) is 25.3 Å². The Morgan fingerprint density at radius 1 is 0.867 bits per heavy atom. The van der Waals surface area contributed by atoms with Crippen molar-refractivity contribution in [3.8, 4) is 0 Å². The summed E-state index contributed by atoms with van der Waals surface area (Å²) in [5, 5.41) is 0. The number of hydrogen-bond acceptors (Lipinski definition) is 5. The molecule has 0 unspecified atom stereocenters. The average molecular weight is 250 g/mol. The lowest BCUT2D eigenvalue weighted by Gasteiger charge is -2.25. The van der Waals surface area contributed by atoms with Crippen molar-refractivity contribution in [2.75, 3.05) is 0 Å². The minimum Gasteiger partial charge on any atom is -0.390 e. The van der Waals surface area contributed by atoms with Gasteiger partial charge in [0.15, 0.2) is 0 Å². The van der Waals surface area contributed by atoms with Gasteiger partial charge in [-0.3, -0.25) is 0 Å². The van der Waals surface area contributed by atoms with Gasteiger partial charge in [0.05, 0.1) is 0 Å². The number of rotatable bonds is 8. The van der Waals surface area contributed by atoms with Crippen molar-refractivity contribution >= 4 is 17.6 Å². The van der Waals surface area contributed by atoms with Crippen LogP contribution in [0.4, 0.5) is 0 Å². The van der Waals surface area contributed by atoms with Gasteiger partial charge in [-0.25, -0.2) is 0 Å². The largest absolute Gasteiger partial charge is 0.488 e. The van der Waals surface area contributed by atoms with Crippen LogP contribution in [-0.4, -0.2) is 36.8 Å². The molecule has 0 amide bonds. The molecule has 0 aromatic rings. The fourth-order valence-corrected chi connectivity index (χ4v) is 5.02. The summed E-state index contributed by atoms with van der Waals surface area (Å²) in [5.41, 5.74) is 0. The lowest BCUT2D eigenvalue weighted by molar-refractivity contribution is 0.154. The first kappa shape index (κ1) is 14.7. The topological polar surface area (TPSA) is 90.2 Å². The zero-order valence-electron chi connectivity index (χ0n) is 8.59. The molecule has 0 aliphatic heterocycles. The smallest absolute Gasteiger partial charge is 0.390 e. The molecule has 88 valence electrons. The highest BCUT2D eigenvalue weighted by molar-refractivity contribution is 6.72. The third-order valence-electron chi connectivity index (χ3n) is 1.68. The van der Waals surface area contributed by atoms with E-state index in [9.17, 15) is 19.2 Å². The van der Waals surface area contributed by atoms with Gasteiger partial charge >= 0.3 is 17.6 Å². The quantitative estimate of drug-likeness (QED) is 0.360. The SMILES string of the molecule is C=CCC[Si](O)(O)O[Si](O)(O)CCC=C. The Kier molecular flexibility index (Phi) is 6.21. The Bertz CT molecular complexity index is 195. The van der Waals surface area contributed by atoms with E-state index < -0.39 is 17.6 Å². The van der Waals surface area contributed by atoms with Gasteiger partial charge in [-0.2, -0.15) is 0 Å². The van der Waals surface area contributed by atoms with Crippen LogP contribution in [0.2, 0.25) is 12.1 Å². The van der Waals surface area contributed by atoms with Gasteiger partial charge in [-0.1, -0.05) is 12.2 Å². The van der Waals surface area contributed by atoms with Gasteiger partial charge in [0.25, 0.3) is 0 Å². The molecule has 0 atom stereocenters. The third kappa shape index (κ3) is 7.62. The Labute approximate surface area is 91.7 Å². The second kappa shape index (κ2) is 6.33. The molecular weight excluding hydrogens is 232 g/mol. The molecule has 4 N–H and O–H groups in total. The Balaban J connectivity index is 4.15. The van der Waals surface area contributed by atoms with E-state index in [0.29, 0.717) is 12.8 Å². The minimum absolute atomic E-state index is 0.0134. The van der Waals surface area contributed by atoms with Crippen LogP contribution in [0.5, 0.6) is 0 Å². The lowest BCUT2D eigenvalue weighted by Crippen LogP contribution is -2.52. The third-order valence-corrected chi connectivity index (χ3v) is 6.17. The highest BCUT2D eigenvalue weighted by atomic mass is 28.5. The average Bonchev–Trinajstić information content (AvgIpc) is 2.10. The van der Waals surface area contributed by atoms with Crippen LogP contribution in [0, 0.1) is 0 Å². The van der Waals surface area contributed by atoms with Crippen LogP contribution < -0.4 is 0 Å². The molecule has 0 spiro atoms. The highest BCUT2D eigenvalue weighted by Gasteiger charge is 2.44. The maximum absolute atomic E-state index is 9.39. The van der Waals surface area contributed by atoms with E-state index in [1.54, 1.807) is 0 Å². The minimum atomic E-state index is -3.95. The monoisotopic (exact) mass is 250 g/mol. The molecule has 5 nitrogen and oxygen atoms in total. The fraction of sp³-hybridized carbons (Fsp3) is 0.500.